The summed E-state index contributed by atoms with van der Waals surface area (Å²) in [5.74, 6) is 0.945. The highest BCUT2D eigenvalue weighted by Gasteiger charge is 2.48. The molecule has 0 bridgehead atoms. The van der Waals surface area contributed by atoms with Crippen LogP contribution in [0, 0.1) is 0 Å². The van der Waals surface area contributed by atoms with Gasteiger partial charge >= 0.3 is 15.6 Å². The van der Waals surface area contributed by atoms with Crippen LogP contribution >= 0.6 is 23.2 Å². The Kier molecular flexibility index (Phi) is 7.70. The smallest absolute Gasteiger partial charge is 0.376 e. The number of rotatable bonds is 8. The van der Waals surface area contributed by atoms with Gasteiger partial charge in [-0.1, -0.05) is 46.6 Å². The average molecular weight is 590 g/mol. The molecule has 1 heterocycles. The molecule has 12 heteroatoms. The van der Waals surface area contributed by atoms with Gasteiger partial charge in [-0.3, -0.25) is 0 Å². The second-order valence-corrected chi connectivity index (χ2v) is 11.9. The molecule has 2 aromatic carbocycles. The average Bonchev–Trinajstić information content (AvgIpc) is 3.63. The molecular formula is C26H24Cl2F3NO5S. The van der Waals surface area contributed by atoms with Crippen LogP contribution in [0.15, 0.2) is 47.0 Å². The topological polar surface area (TPSA) is 78.6 Å². The maximum Gasteiger partial charge on any atom is 0.534 e. The highest BCUT2D eigenvalue weighted by molar-refractivity contribution is 7.88. The number of benzene rings is 2. The quantitative estimate of drug-likeness (QED) is 0.196. The van der Waals surface area contributed by atoms with Crippen LogP contribution in [-0.2, 0) is 21.5 Å². The summed E-state index contributed by atoms with van der Waals surface area (Å²) >= 11 is 12.9. The third kappa shape index (κ3) is 5.83. The Bertz CT molecular complexity index is 1380. The van der Waals surface area contributed by atoms with Crippen LogP contribution in [-0.4, -0.2) is 25.2 Å². The lowest BCUT2D eigenvalue weighted by atomic mass is 9.83. The first-order valence-electron chi connectivity index (χ1n) is 12.2. The summed E-state index contributed by atoms with van der Waals surface area (Å²) in [5.41, 5.74) is -2.47. The molecule has 0 unspecified atom stereocenters. The zero-order chi connectivity index (χ0) is 27.1. The molecule has 0 atom stereocenters. The van der Waals surface area contributed by atoms with Gasteiger partial charge in [-0.05, 0) is 74.3 Å². The summed E-state index contributed by atoms with van der Waals surface area (Å²) < 4.78 is 76.2. The predicted molar refractivity (Wildman–Crippen MR) is 136 cm³/mol. The molecule has 204 valence electrons. The fourth-order valence-electron chi connectivity index (χ4n) is 4.78. The van der Waals surface area contributed by atoms with Crippen molar-refractivity contribution in [3.63, 3.8) is 0 Å². The number of hydrogen-bond acceptors (Lipinski definition) is 6. The third-order valence-electron chi connectivity index (χ3n) is 6.94. The van der Waals surface area contributed by atoms with Crippen LogP contribution in [0.25, 0.3) is 11.3 Å². The maximum atomic E-state index is 12.5. The van der Waals surface area contributed by atoms with Gasteiger partial charge in [0.2, 0.25) is 0 Å². The molecule has 0 aliphatic heterocycles. The molecule has 0 amide bonds. The first-order chi connectivity index (χ1) is 18.0. The summed E-state index contributed by atoms with van der Waals surface area (Å²) in [7, 11) is -5.69. The molecule has 0 N–H and O–H groups in total. The minimum atomic E-state index is -5.69. The Morgan fingerprint density at radius 3 is 2.11 bits per heavy atom. The van der Waals surface area contributed by atoms with Crippen molar-refractivity contribution in [1.82, 2.24) is 5.16 Å². The Balaban J connectivity index is 1.21. The zero-order valence-electron chi connectivity index (χ0n) is 20.0. The Hall–Kier alpha value is -2.27. The minimum absolute atomic E-state index is 0.0160. The van der Waals surface area contributed by atoms with Crippen LogP contribution in [0.5, 0.6) is 5.75 Å². The van der Waals surface area contributed by atoms with E-state index in [1.165, 1.54) is 12.1 Å². The first-order valence-corrected chi connectivity index (χ1v) is 14.3. The van der Waals surface area contributed by atoms with Crippen molar-refractivity contribution in [1.29, 1.82) is 0 Å². The molecule has 38 heavy (non-hydrogen) atoms. The largest absolute Gasteiger partial charge is 0.534 e. The molecule has 0 spiro atoms. The Morgan fingerprint density at radius 1 is 0.921 bits per heavy atom. The monoisotopic (exact) mass is 589 g/mol. The Morgan fingerprint density at radius 2 is 1.53 bits per heavy atom. The zero-order valence-corrected chi connectivity index (χ0v) is 22.3. The summed E-state index contributed by atoms with van der Waals surface area (Å²) in [4.78, 5) is 0. The van der Waals surface area contributed by atoms with E-state index in [0.717, 1.165) is 55.4 Å². The van der Waals surface area contributed by atoms with E-state index in [4.69, 9.17) is 32.5 Å². The van der Waals surface area contributed by atoms with Gasteiger partial charge in [-0.2, -0.15) is 21.6 Å². The standard InChI is InChI=1S/C26H24Cl2F3NO5S/c27-21-2-1-3-22(28)23(21)24-20(25(36-32-24)17-4-5-17)14-35-18-10-6-15(7-11-18)16-8-12-19(13-9-16)37-38(33,34)26(29,30)31/h1-3,8-9,12-13,15,17-18H,4-7,10-11,14H2. The highest BCUT2D eigenvalue weighted by atomic mass is 35.5. The molecule has 3 aromatic rings. The van der Waals surface area contributed by atoms with Crippen molar-refractivity contribution >= 4 is 33.3 Å². The first kappa shape index (κ1) is 27.3. The number of hydrogen-bond donors (Lipinski definition) is 0. The van der Waals surface area contributed by atoms with E-state index in [1.54, 1.807) is 30.3 Å². The summed E-state index contributed by atoms with van der Waals surface area (Å²) in [6.07, 6.45) is 5.29. The number of aromatic nitrogens is 1. The van der Waals surface area contributed by atoms with Crippen LogP contribution in [0.2, 0.25) is 10.0 Å². The number of alkyl halides is 3. The maximum absolute atomic E-state index is 12.5. The molecule has 5 rings (SSSR count). The second kappa shape index (κ2) is 10.7. The fraction of sp³-hybridized carbons (Fsp3) is 0.423. The van der Waals surface area contributed by atoms with E-state index in [-0.39, 0.29) is 17.8 Å². The van der Waals surface area contributed by atoms with Crippen LogP contribution in [0.1, 0.15) is 67.2 Å². The molecule has 2 saturated carbocycles. The van der Waals surface area contributed by atoms with Crippen molar-refractivity contribution in [3.8, 4) is 17.0 Å². The van der Waals surface area contributed by atoms with E-state index < -0.39 is 15.6 Å². The number of nitrogens with zero attached hydrogens (tertiary/aromatic N) is 1. The van der Waals surface area contributed by atoms with Gasteiger partial charge in [-0.15, -0.1) is 0 Å². The van der Waals surface area contributed by atoms with Crippen molar-refractivity contribution < 1.29 is 35.0 Å². The SMILES string of the molecule is O=S(=O)(Oc1ccc(C2CCC(OCc3c(-c4c(Cl)cccc4Cl)noc3C3CC3)CC2)cc1)C(F)(F)F. The van der Waals surface area contributed by atoms with Gasteiger partial charge in [-0.25, -0.2) is 0 Å². The van der Waals surface area contributed by atoms with E-state index in [1.807, 2.05) is 0 Å². The van der Waals surface area contributed by atoms with E-state index in [2.05, 4.69) is 9.34 Å². The molecule has 1 aromatic heterocycles. The normalized spacial score (nSPS) is 20.4. The van der Waals surface area contributed by atoms with Gasteiger partial charge < -0.3 is 13.4 Å². The lowest BCUT2D eigenvalue weighted by Gasteiger charge is -2.29. The van der Waals surface area contributed by atoms with E-state index >= 15 is 0 Å². The third-order valence-corrected chi connectivity index (χ3v) is 8.55. The van der Waals surface area contributed by atoms with Crippen LogP contribution in [0.4, 0.5) is 13.2 Å². The highest BCUT2D eigenvalue weighted by Crippen LogP contribution is 2.46. The molecule has 0 saturated heterocycles. The van der Waals surface area contributed by atoms with Gasteiger partial charge in [0.05, 0.1) is 22.8 Å². The molecule has 0 radical (unpaired) electrons. The molecule has 6 nitrogen and oxygen atoms in total. The van der Waals surface area contributed by atoms with Crippen molar-refractivity contribution in [2.45, 2.75) is 68.6 Å². The lowest BCUT2D eigenvalue weighted by molar-refractivity contribution is -0.0500. The molecule has 2 aliphatic rings. The number of halogens is 5. The summed E-state index contributed by atoms with van der Waals surface area (Å²) in [5, 5.41) is 5.27. The summed E-state index contributed by atoms with van der Waals surface area (Å²) in [6.45, 7) is 0.321. The van der Waals surface area contributed by atoms with Crippen LogP contribution < -0.4 is 4.18 Å². The summed E-state index contributed by atoms with van der Waals surface area (Å²) in [6, 6.07) is 11.0. The predicted octanol–water partition coefficient (Wildman–Crippen LogP) is 8.00. The van der Waals surface area contributed by atoms with Gasteiger partial charge in [0.15, 0.2) is 0 Å². The van der Waals surface area contributed by atoms with Crippen molar-refractivity contribution in [2.75, 3.05) is 0 Å². The van der Waals surface area contributed by atoms with E-state index in [9.17, 15) is 21.6 Å². The molecular weight excluding hydrogens is 566 g/mol. The van der Waals surface area contributed by atoms with Gasteiger partial charge in [0.25, 0.3) is 0 Å². The second-order valence-electron chi connectivity index (χ2n) is 9.58. The fourth-order valence-corrected chi connectivity index (χ4v) is 5.82. The minimum Gasteiger partial charge on any atom is -0.376 e. The van der Waals surface area contributed by atoms with Crippen LogP contribution in [0.3, 0.4) is 0 Å². The molecule has 2 aliphatic carbocycles. The van der Waals surface area contributed by atoms with Gasteiger partial charge in [0.1, 0.15) is 17.2 Å². The number of ether oxygens (including phenoxy) is 1. The lowest BCUT2D eigenvalue weighted by Crippen LogP contribution is -2.28. The van der Waals surface area contributed by atoms with E-state index in [0.29, 0.717) is 33.8 Å². The Labute approximate surface area is 228 Å². The molecule has 2 fully saturated rings. The van der Waals surface area contributed by atoms with Crippen molar-refractivity contribution in [2.24, 2.45) is 0 Å². The van der Waals surface area contributed by atoms with Crippen molar-refractivity contribution in [3.05, 3.63) is 69.4 Å². The van der Waals surface area contributed by atoms with Gasteiger partial charge in [0, 0.05) is 17.0 Å².